The van der Waals surface area contributed by atoms with E-state index in [0.717, 1.165) is 19.1 Å². The minimum atomic E-state index is 0.537. The first kappa shape index (κ1) is 8.55. The Kier molecular flexibility index (Phi) is 2.40. The first-order chi connectivity index (χ1) is 5.79. The Morgan fingerprint density at radius 2 is 1.92 bits per heavy atom. The smallest absolute Gasteiger partial charge is 0.0519 e. The summed E-state index contributed by atoms with van der Waals surface area (Å²) in [6.45, 7) is 4.44. The van der Waals surface area contributed by atoms with Gasteiger partial charge in [-0.05, 0) is 37.0 Å². The zero-order chi connectivity index (χ0) is 8.44. The topological polar surface area (TPSA) is 9.23 Å². The molecular weight excluding hydrogens is 148 g/mol. The Morgan fingerprint density at radius 1 is 1.25 bits per heavy atom. The van der Waals surface area contributed by atoms with Crippen LogP contribution in [0.2, 0.25) is 0 Å². The van der Waals surface area contributed by atoms with Crippen molar-refractivity contribution in [2.24, 2.45) is 11.3 Å². The monoisotopic (exact) mass is 168 g/mol. The second-order valence-electron chi connectivity index (χ2n) is 4.98. The maximum atomic E-state index is 5.74. The lowest BCUT2D eigenvalue weighted by atomic mass is 9.90. The van der Waals surface area contributed by atoms with Crippen LogP contribution < -0.4 is 0 Å². The quantitative estimate of drug-likeness (QED) is 0.627. The van der Waals surface area contributed by atoms with Crippen LogP contribution >= 0.6 is 0 Å². The van der Waals surface area contributed by atoms with Gasteiger partial charge in [0.05, 0.1) is 6.61 Å². The van der Waals surface area contributed by atoms with E-state index in [4.69, 9.17) is 4.74 Å². The third-order valence-electron chi connectivity index (χ3n) is 3.31. The van der Waals surface area contributed by atoms with Crippen LogP contribution in [0, 0.1) is 11.3 Å². The predicted molar refractivity (Wildman–Crippen MR) is 50.1 cm³/mol. The number of rotatable bonds is 4. The van der Waals surface area contributed by atoms with Gasteiger partial charge in [0.25, 0.3) is 0 Å². The van der Waals surface area contributed by atoms with Gasteiger partial charge in [-0.2, -0.15) is 0 Å². The van der Waals surface area contributed by atoms with Crippen molar-refractivity contribution in [1.82, 2.24) is 0 Å². The van der Waals surface area contributed by atoms with E-state index in [1.807, 2.05) is 0 Å². The van der Waals surface area contributed by atoms with Gasteiger partial charge in [-0.1, -0.05) is 19.8 Å². The van der Waals surface area contributed by atoms with E-state index in [2.05, 4.69) is 6.92 Å². The molecule has 0 aromatic heterocycles. The van der Waals surface area contributed by atoms with Crippen LogP contribution in [0.3, 0.4) is 0 Å². The SMILES string of the molecule is CC1(COCC2CC2)CCCC1. The molecule has 12 heavy (non-hydrogen) atoms. The lowest BCUT2D eigenvalue weighted by Gasteiger charge is -2.22. The fourth-order valence-electron chi connectivity index (χ4n) is 2.13. The molecule has 2 aliphatic carbocycles. The van der Waals surface area contributed by atoms with E-state index in [-0.39, 0.29) is 0 Å². The molecule has 1 nitrogen and oxygen atoms in total. The predicted octanol–water partition coefficient (Wildman–Crippen LogP) is 2.99. The van der Waals surface area contributed by atoms with Gasteiger partial charge >= 0.3 is 0 Å². The highest BCUT2D eigenvalue weighted by Gasteiger charge is 2.30. The molecule has 0 radical (unpaired) electrons. The molecule has 0 bridgehead atoms. The minimum absolute atomic E-state index is 0.537. The van der Waals surface area contributed by atoms with Crippen LogP contribution in [0.5, 0.6) is 0 Å². The minimum Gasteiger partial charge on any atom is -0.381 e. The fourth-order valence-corrected chi connectivity index (χ4v) is 2.13. The Morgan fingerprint density at radius 3 is 2.50 bits per heavy atom. The van der Waals surface area contributed by atoms with E-state index in [9.17, 15) is 0 Å². The van der Waals surface area contributed by atoms with Gasteiger partial charge in [-0.3, -0.25) is 0 Å². The maximum absolute atomic E-state index is 5.74. The van der Waals surface area contributed by atoms with Gasteiger partial charge in [-0.15, -0.1) is 0 Å². The van der Waals surface area contributed by atoms with Crippen molar-refractivity contribution < 1.29 is 4.74 Å². The summed E-state index contributed by atoms with van der Waals surface area (Å²) in [4.78, 5) is 0. The second kappa shape index (κ2) is 3.37. The second-order valence-corrected chi connectivity index (χ2v) is 4.98. The fraction of sp³-hybridized carbons (Fsp3) is 1.00. The first-order valence-corrected chi connectivity index (χ1v) is 5.36. The van der Waals surface area contributed by atoms with Crippen molar-refractivity contribution in [3.8, 4) is 0 Å². The third kappa shape index (κ3) is 2.22. The largest absolute Gasteiger partial charge is 0.381 e. The summed E-state index contributed by atoms with van der Waals surface area (Å²) in [7, 11) is 0. The molecule has 2 aliphatic rings. The highest BCUT2D eigenvalue weighted by Crippen LogP contribution is 2.38. The number of hydrogen-bond donors (Lipinski definition) is 0. The van der Waals surface area contributed by atoms with Crippen molar-refractivity contribution in [3.05, 3.63) is 0 Å². The summed E-state index contributed by atoms with van der Waals surface area (Å²) in [5, 5.41) is 0. The van der Waals surface area contributed by atoms with Gasteiger partial charge in [0, 0.05) is 6.61 Å². The summed E-state index contributed by atoms with van der Waals surface area (Å²) in [5.74, 6) is 0.926. The maximum Gasteiger partial charge on any atom is 0.0519 e. The van der Waals surface area contributed by atoms with Gasteiger partial charge < -0.3 is 4.74 Å². The molecule has 2 fully saturated rings. The molecule has 0 aliphatic heterocycles. The molecule has 0 atom stereocenters. The summed E-state index contributed by atoms with van der Waals surface area (Å²) in [5.41, 5.74) is 0.537. The van der Waals surface area contributed by atoms with E-state index in [1.54, 1.807) is 0 Å². The molecule has 0 amide bonds. The van der Waals surface area contributed by atoms with Crippen LogP contribution in [0.25, 0.3) is 0 Å². The molecule has 0 aromatic carbocycles. The molecule has 0 N–H and O–H groups in total. The van der Waals surface area contributed by atoms with Gasteiger partial charge in [0.1, 0.15) is 0 Å². The summed E-state index contributed by atoms with van der Waals surface area (Å²) < 4.78 is 5.74. The van der Waals surface area contributed by atoms with Crippen molar-refractivity contribution in [2.45, 2.75) is 45.4 Å². The van der Waals surface area contributed by atoms with Gasteiger partial charge in [0.15, 0.2) is 0 Å². The lowest BCUT2D eigenvalue weighted by molar-refractivity contribution is 0.0502. The lowest BCUT2D eigenvalue weighted by Crippen LogP contribution is -2.19. The standard InChI is InChI=1S/C11H20O/c1-11(6-2-3-7-11)9-12-8-10-4-5-10/h10H,2-9H2,1H3. The average molecular weight is 168 g/mol. The molecule has 0 unspecified atom stereocenters. The molecule has 0 spiro atoms. The van der Waals surface area contributed by atoms with Crippen LogP contribution in [-0.2, 0) is 4.74 Å². The molecule has 1 heteroatoms. The van der Waals surface area contributed by atoms with E-state index in [1.165, 1.54) is 38.5 Å². The molecule has 0 saturated heterocycles. The van der Waals surface area contributed by atoms with Crippen LogP contribution in [0.1, 0.15) is 45.4 Å². The van der Waals surface area contributed by atoms with E-state index in [0.29, 0.717) is 5.41 Å². The van der Waals surface area contributed by atoms with Crippen LogP contribution in [-0.4, -0.2) is 13.2 Å². The third-order valence-corrected chi connectivity index (χ3v) is 3.31. The van der Waals surface area contributed by atoms with Gasteiger partial charge in [0.2, 0.25) is 0 Å². The van der Waals surface area contributed by atoms with Crippen LogP contribution in [0.4, 0.5) is 0 Å². The zero-order valence-electron chi connectivity index (χ0n) is 8.14. The number of ether oxygens (including phenoxy) is 1. The molecular formula is C11H20O. The van der Waals surface area contributed by atoms with Crippen LogP contribution in [0.15, 0.2) is 0 Å². The molecule has 2 saturated carbocycles. The Balaban J connectivity index is 1.63. The molecule has 2 rings (SSSR count). The molecule has 0 aromatic rings. The van der Waals surface area contributed by atoms with Crippen molar-refractivity contribution in [1.29, 1.82) is 0 Å². The highest BCUT2D eigenvalue weighted by atomic mass is 16.5. The molecule has 0 heterocycles. The normalized spacial score (nSPS) is 27.8. The number of hydrogen-bond acceptors (Lipinski definition) is 1. The zero-order valence-corrected chi connectivity index (χ0v) is 8.14. The van der Waals surface area contributed by atoms with Gasteiger partial charge in [-0.25, -0.2) is 0 Å². The Labute approximate surface area is 75.5 Å². The van der Waals surface area contributed by atoms with Crippen molar-refractivity contribution in [2.75, 3.05) is 13.2 Å². The van der Waals surface area contributed by atoms with Crippen molar-refractivity contribution >= 4 is 0 Å². The molecule has 70 valence electrons. The Hall–Kier alpha value is -0.0400. The van der Waals surface area contributed by atoms with E-state index < -0.39 is 0 Å². The first-order valence-electron chi connectivity index (χ1n) is 5.36. The average Bonchev–Trinajstić information content (AvgIpc) is 2.75. The highest BCUT2D eigenvalue weighted by molar-refractivity contribution is 4.80. The van der Waals surface area contributed by atoms with Crippen molar-refractivity contribution in [3.63, 3.8) is 0 Å². The summed E-state index contributed by atoms with van der Waals surface area (Å²) in [6, 6.07) is 0. The summed E-state index contributed by atoms with van der Waals surface area (Å²) in [6.07, 6.45) is 8.44. The van der Waals surface area contributed by atoms with E-state index >= 15 is 0 Å². The Bertz CT molecular complexity index is 143. The summed E-state index contributed by atoms with van der Waals surface area (Å²) >= 11 is 0.